The Labute approximate surface area is 376 Å². The summed E-state index contributed by atoms with van der Waals surface area (Å²) in [4.78, 5) is 39.0. The first-order chi connectivity index (χ1) is 31.0. The van der Waals surface area contributed by atoms with Crippen LogP contribution in [0, 0.1) is 43.5 Å². The molecule has 0 saturated carbocycles. The van der Waals surface area contributed by atoms with Crippen molar-refractivity contribution in [3.05, 3.63) is 188 Å². The van der Waals surface area contributed by atoms with Gasteiger partial charge >= 0.3 is 6.09 Å². The van der Waals surface area contributed by atoms with E-state index < -0.39 is 44.8 Å². The highest BCUT2D eigenvalue weighted by Gasteiger charge is 2.27. The number of nitrogens with one attached hydrogen (secondary N) is 1. The van der Waals surface area contributed by atoms with E-state index in [1.807, 2.05) is 0 Å². The zero-order valence-electron chi connectivity index (χ0n) is 34.6. The largest absolute Gasteiger partial charge is 0.442 e. The van der Waals surface area contributed by atoms with Crippen molar-refractivity contribution in [2.45, 2.75) is 59.0 Å². The minimum absolute atomic E-state index is 0.0111. The molecule has 0 saturated heterocycles. The first kappa shape index (κ1) is 44.3. The Morgan fingerprint density at radius 1 is 0.631 bits per heavy atom. The summed E-state index contributed by atoms with van der Waals surface area (Å²) in [6.45, 7) is 5.10. The number of hydrogen-bond donors (Lipinski definition) is 1. The SMILES string of the molecule is CC(C)(C)OC(=O)N(Nc1ccc2c(Sc3ccccc3[N+](=O)[O-])cn(Cc3cc(F)cc(F)c3)c2c1)c1ccc2c(Sc3ccccc3[N+](=O)[O-])cn(Cc3cc(F)cc(F)c3)c2c1. The summed E-state index contributed by atoms with van der Waals surface area (Å²) in [7, 11) is 0. The standard InChI is InChI=1S/C47H36F4N6O6S2/c1-47(2,3)63-46(58)55(35-13-15-37-41(23-35)54(25-29-18-32(50)21-33(51)19-29)27-45(37)65-43-11-7-5-9-39(43)57(61)62)52-34-12-14-36-40(22-34)53(24-28-16-30(48)20-31(49)17-28)26-44(36)64-42-10-6-4-8-38(42)56(59)60/h4-23,26-27,52H,24-25H2,1-3H3. The number of carbonyl (C=O) groups is 1. The summed E-state index contributed by atoms with van der Waals surface area (Å²) in [6.07, 6.45) is 2.64. The number of anilines is 2. The van der Waals surface area contributed by atoms with E-state index in [4.69, 9.17) is 4.74 Å². The molecule has 0 atom stereocenters. The zero-order chi connectivity index (χ0) is 46.2. The molecule has 0 fully saturated rings. The topological polar surface area (TPSA) is 138 Å². The van der Waals surface area contributed by atoms with Crippen molar-refractivity contribution in [3.63, 3.8) is 0 Å². The van der Waals surface area contributed by atoms with E-state index in [1.54, 1.807) is 115 Å². The van der Waals surface area contributed by atoms with Crippen molar-refractivity contribution in [1.82, 2.24) is 9.13 Å². The Kier molecular flexibility index (Phi) is 12.3. The average Bonchev–Trinajstić information content (AvgIpc) is 3.74. The highest BCUT2D eigenvalue weighted by Crippen LogP contribution is 2.42. The van der Waals surface area contributed by atoms with E-state index in [-0.39, 0.29) is 30.2 Å². The molecule has 2 aromatic heterocycles. The number of amides is 1. The van der Waals surface area contributed by atoms with Crippen molar-refractivity contribution in [2.75, 3.05) is 10.4 Å². The molecule has 18 heteroatoms. The van der Waals surface area contributed by atoms with Gasteiger partial charge in [0.1, 0.15) is 28.9 Å². The van der Waals surface area contributed by atoms with Crippen molar-refractivity contribution < 1.29 is 36.9 Å². The van der Waals surface area contributed by atoms with Gasteiger partial charge in [0.15, 0.2) is 0 Å². The van der Waals surface area contributed by atoms with Gasteiger partial charge in [0.2, 0.25) is 0 Å². The summed E-state index contributed by atoms with van der Waals surface area (Å²) in [6, 6.07) is 29.1. The Balaban J connectivity index is 1.23. The molecule has 8 aromatic rings. The van der Waals surface area contributed by atoms with Crippen molar-refractivity contribution in [2.24, 2.45) is 0 Å². The maximum absolute atomic E-state index is 14.4. The van der Waals surface area contributed by atoms with Gasteiger partial charge in [0.05, 0.1) is 42.0 Å². The molecule has 12 nitrogen and oxygen atoms in total. The molecule has 0 radical (unpaired) electrons. The number of benzene rings is 6. The normalized spacial score (nSPS) is 11.6. The number of hydrogen-bond acceptors (Lipinski definition) is 9. The van der Waals surface area contributed by atoms with Gasteiger partial charge in [-0.3, -0.25) is 25.7 Å². The Bertz CT molecular complexity index is 3130. The predicted octanol–water partition coefficient (Wildman–Crippen LogP) is 13.1. The zero-order valence-corrected chi connectivity index (χ0v) is 36.3. The van der Waals surface area contributed by atoms with Crippen molar-refractivity contribution in [1.29, 1.82) is 0 Å². The van der Waals surface area contributed by atoms with E-state index in [1.165, 1.54) is 41.4 Å². The Hall–Kier alpha value is -7.31. The number of ether oxygens (including phenoxy) is 1. The molecular formula is C47H36F4N6O6S2. The lowest BCUT2D eigenvalue weighted by atomic mass is 10.2. The van der Waals surface area contributed by atoms with Crippen molar-refractivity contribution >= 4 is 74.2 Å². The Morgan fingerprint density at radius 2 is 1.08 bits per heavy atom. The van der Waals surface area contributed by atoms with Crippen LogP contribution in [-0.4, -0.2) is 30.7 Å². The highest BCUT2D eigenvalue weighted by molar-refractivity contribution is 8.00. The second kappa shape index (κ2) is 18.1. The summed E-state index contributed by atoms with van der Waals surface area (Å²) in [5, 5.41) is 26.3. The van der Waals surface area contributed by atoms with Crippen LogP contribution in [0.1, 0.15) is 31.9 Å². The molecule has 6 aromatic carbocycles. The third-order valence-electron chi connectivity index (χ3n) is 9.86. The van der Waals surface area contributed by atoms with Crippen LogP contribution in [0.2, 0.25) is 0 Å². The fraction of sp³-hybridized carbons (Fsp3) is 0.128. The van der Waals surface area contributed by atoms with E-state index in [0.29, 0.717) is 58.2 Å². The van der Waals surface area contributed by atoms with Gasteiger partial charge in [-0.05, 0) is 105 Å². The van der Waals surface area contributed by atoms with Gasteiger partial charge < -0.3 is 13.9 Å². The molecule has 0 spiro atoms. The molecule has 0 bridgehead atoms. The summed E-state index contributed by atoms with van der Waals surface area (Å²) >= 11 is 2.29. The molecular weight excluding hydrogens is 885 g/mol. The average molecular weight is 921 g/mol. The van der Waals surface area contributed by atoms with Crippen LogP contribution in [-0.2, 0) is 17.8 Å². The molecule has 0 aliphatic heterocycles. The smallest absolute Gasteiger partial charge is 0.433 e. The second-order valence-corrected chi connectivity index (χ2v) is 18.0. The maximum atomic E-state index is 14.4. The van der Waals surface area contributed by atoms with E-state index >= 15 is 0 Å². The first-order valence-electron chi connectivity index (χ1n) is 19.8. The van der Waals surface area contributed by atoms with Gasteiger partial charge in [-0.1, -0.05) is 47.8 Å². The van der Waals surface area contributed by atoms with Crippen LogP contribution in [0.25, 0.3) is 21.8 Å². The summed E-state index contributed by atoms with van der Waals surface area (Å²) < 4.78 is 67.0. The lowest BCUT2D eigenvalue weighted by Crippen LogP contribution is -2.40. The number of carbonyl (C=O) groups excluding carboxylic acids is 1. The van der Waals surface area contributed by atoms with E-state index in [0.717, 1.165) is 35.7 Å². The van der Waals surface area contributed by atoms with E-state index in [9.17, 15) is 42.6 Å². The van der Waals surface area contributed by atoms with Gasteiger partial charge in [-0.25, -0.2) is 22.4 Å². The molecule has 0 unspecified atom stereocenters. The third kappa shape index (κ3) is 10.1. The summed E-state index contributed by atoms with van der Waals surface area (Å²) in [5.41, 5.74) is 4.30. The first-order valence-corrected chi connectivity index (χ1v) is 21.4. The fourth-order valence-electron chi connectivity index (χ4n) is 7.21. The minimum Gasteiger partial charge on any atom is -0.442 e. The lowest BCUT2D eigenvalue weighted by molar-refractivity contribution is -0.387. The summed E-state index contributed by atoms with van der Waals surface area (Å²) in [5.74, 6) is -3.07. The molecule has 1 amide bonds. The quantitative estimate of drug-likeness (QED) is 0.0680. The molecule has 8 rings (SSSR count). The Morgan fingerprint density at radius 3 is 1.54 bits per heavy atom. The number of rotatable bonds is 13. The minimum atomic E-state index is -0.956. The number of para-hydroxylation sites is 2. The van der Waals surface area contributed by atoms with E-state index in [2.05, 4.69) is 5.43 Å². The van der Waals surface area contributed by atoms with Crippen LogP contribution in [0.3, 0.4) is 0 Å². The predicted molar refractivity (Wildman–Crippen MR) is 242 cm³/mol. The molecule has 1 N–H and O–H groups in total. The molecule has 65 heavy (non-hydrogen) atoms. The number of nitrogens with zero attached hydrogens (tertiary/aromatic N) is 5. The number of hydrazine groups is 1. The number of aromatic nitrogens is 2. The lowest BCUT2D eigenvalue weighted by Gasteiger charge is -2.28. The third-order valence-corrected chi connectivity index (χ3v) is 12.1. The fourth-order valence-corrected chi connectivity index (χ4v) is 9.40. The number of nitro benzene ring substituents is 2. The number of fused-ring (bicyclic) bond motifs is 2. The van der Waals surface area contributed by atoms with Crippen LogP contribution >= 0.6 is 23.5 Å². The van der Waals surface area contributed by atoms with Crippen LogP contribution in [0.4, 0.5) is 45.1 Å². The highest BCUT2D eigenvalue weighted by atomic mass is 32.2. The maximum Gasteiger partial charge on any atom is 0.433 e. The number of halogens is 4. The molecule has 330 valence electrons. The van der Waals surface area contributed by atoms with Gasteiger partial charge in [0.25, 0.3) is 11.4 Å². The van der Waals surface area contributed by atoms with Gasteiger partial charge in [-0.2, -0.15) is 5.01 Å². The molecule has 0 aliphatic rings. The van der Waals surface area contributed by atoms with Crippen molar-refractivity contribution in [3.8, 4) is 0 Å². The molecule has 2 heterocycles. The second-order valence-electron chi connectivity index (χ2n) is 15.8. The monoisotopic (exact) mass is 920 g/mol. The number of nitro groups is 2. The molecule has 0 aliphatic carbocycles. The van der Waals surface area contributed by atoms with Crippen LogP contribution in [0.5, 0.6) is 0 Å². The van der Waals surface area contributed by atoms with Crippen LogP contribution < -0.4 is 10.4 Å². The van der Waals surface area contributed by atoms with Gasteiger partial charge in [-0.15, -0.1) is 0 Å². The van der Waals surface area contributed by atoms with Gasteiger partial charge in [0, 0.05) is 70.3 Å². The van der Waals surface area contributed by atoms with Crippen LogP contribution in [0.15, 0.2) is 153 Å².